The van der Waals surface area contributed by atoms with Crippen molar-refractivity contribution in [3.05, 3.63) is 29.8 Å². The van der Waals surface area contributed by atoms with Gasteiger partial charge >= 0.3 is 0 Å². The molecule has 1 saturated carbocycles. The first kappa shape index (κ1) is 10.0. The zero-order chi connectivity index (χ0) is 10.8. The number of carbonyl (C=O) groups excluding carboxylic acids is 1. The fourth-order valence-corrected chi connectivity index (χ4v) is 1.97. The number of carboxylic acids is 1. The second-order valence-electron chi connectivity index (χ2n) is 3.96. The van der Waals surface area contributed by atoms with Crippen molar-refractivity contribution >= 4 is 5.97 Å². The number of rotatable bonds is 4. The van der Waals surface area contributed by atoms with Gasteiger partial charge in [-0.2, -0.15) is 0 Å². The van der Waals surface area contributed by atoms with Crippen molar-refractivity contribution in [1.82, 2.24) is 0 Å². The van der Waals surface area contributed by atoms with Crippen LogP contribution in [0.25, 0.3) is 0 Å². The molecule has 2 atom stereocenters. The standard InChI is InChI=1S/C12H14O3/c1-15-10-4-2-3-8(5-10)11-6-9(11)7-12(13)14/h2-5,9,11H,6-7H2,1H3,(H,13,14)/p-1. The average Bonchev–Trinajstić information content (AvgIpc) is 2.96. The molecule has 0 bridgehead atoms. The first-order chi connectivity index (χ1) is 7.20. The van der Waals surface area contributed by atoms with Crippen molar-refractivity contribution in [1.29, 1.82) is 0 Å². The number of hydrogen-bond acceptors (Lipinski definition) is 3. The number of ether oxygens (including phenoxy) is 1. The molecule has 0 spiro atoms. The molecule has 0 N–H and O–H groups in total. The van der Waals surface area contributed by atoms with Crippen LogP contribution in [0.2, 0.25) is 0 Å². The Kier molecular flexibility index (Phi) is 2.62. The first-order valence-corrected chi connectivity index (χ1v) is 5.04. The summed E-state index contributed by atoms with van der Waals surface area (Å²) in [5.41, 5.74) is 1.17. The van der Waals surface area contributed by atoms with Crippen molar-refractivity contribution in [2.45, 2.75) is 18.8 Å². The van der Waals surface area contributed by atoms with Gasteiger partial charge in [-0.3, -0.25) is 0 Å². The van der Waals surface area contributed by atoms with Gasteiger partial charge in [-0.15, -0.1) is 0 Å². The number of hydrogen-bond donors (Lipinski definition) is 0. The molecule has 0 saturated heterocycles. The maximum atomic E-state index is 10.4. The van der Waals surface area contributed by atoms with E-state index in [1.807, 2.05) is 24.3 Å². The fraction of sp³-hybridized carbons (Fsp3) is 0.417. The Hall–Kier alpha value is -1.51. The molecule has 15 heavy (non-hydrogen) atoms. The molecule has 1 fully saturated rings. The Morgan fingerprint density at radius 3 is 3.07 bits per heavy atom. The lowest BCUT2D eigenvalue weighted by Crippen LogP contribution is -2.22. The van der Waals surface area contributed by atoms with Gasteiger partial charge < -0.3 is 14.6 Å². The third kappa shape index (κ3) is 2.29. The molecule has 0 radical (unpaired) electrons. The highest BCUT2D eigenvalue weighted by atomic mass is 16.5. The molecule has 0 amide bonds. The predicted molar refractivity (Wildman–Crippen MR) is 53.5 cm³/mol. The summed E-state index contributed by atoms with van der Waals surface area (Å²) in [5.74, 6) is 0.497. The summed E-state index contributed by atoms with van der Waals surface area (Å²) in [4.78, 5) is 10.4. The zero-order valence-corrected chi connectivity index (χ0v) is 8.60. The van der Waals surface area contributed by atoms with E-state index >= 15 is 0 Å². The minimum Gasteiger partial charge on any atom is -0.550 e. The van der Waals surface area contributed by atoms with Crippen molar-refractivity contribution in [2.75, 3.05) is 7.11 Å². The lowest BCUT2D eigenvalue weighted by molar-refractivity contribution is -0.306. The smallest absolute Gasteiger partial charge is 0.119 e. The van der Waals surface area contributed by atoms with Crippen LogP contribution in [0.4, 0.5) is 0 Å². The molecule has 3 heteroatoms. The summed E-state index contributed by atoms with van der Waals surface area (Å²) in [6.07, 6.45) is 1.11. The molecule has 3 nitrogen and oxygen atoms in total. The molecule has 80 valence electrons. The molecule has 2 rings (SSSR count). The maximum Gasteiger partial charge on any atom is 0.119 e. The van der Waals surface area contributed by atoms with Gasteiger partial charge in [-0.25, -0.2) is 0 Å². The number of methoxy groups -OCH3 is 1. The van der Waals surface area contributed by atoms with Crippen LogP contribution in [0.15, 0.2) is 24.3 Å². The minimum absolute atomic E-state index is 0.169. The summed E-state index contributed by atoms with van der Waals surface area (Å²) in [6.45, 7) is 0. The Bertz CT molecular complexity index is 373. The van der Waals surface area contributed by atoms with Gasteiger partial charge in [0, 0.05) is 5.97 Å². The van der Waals surface area contributed by atoms with Gasteiger partial charge in [0.25, 0.3) is 0 Å². The summed E-state index contributed by atoms with van der Waals surface area (Å²) in [6, 6.07) is 7.81. The number of carboxylic acid groups (broad SMARTS) is 1. The van der Waals surface area contributed by atoms with E-state index in [0.29, 0.717) is 5.92 Å². The average molecular weight is 205 g/mol. The SMILES string of the molecule is COc1cccc(C2CC2CC(=O)[O-])c1. The Labute approximate surface area is 88.7 Å². The van der Waals surface area contributed by atoms with Crippen molar-refractivity contribution in [3.63, 3.8) is 0 Å². The second kappa shape index (κ2) is 3.93. The van der Waals surface area contributed by atoms with Gasteiger partial charge in [0.2, 0.25) is 0 Å². The molecule has 0 aliphatic heterocycles. The van der Waals surface area contributed by atoms with Crippen LogP contribution in [0, 0.1) is 5.92 Å². The Morgan fingerprint density at radius 1 is 1.60 bits per heavy atom. The van der Waals surface area contributed by atoms with Crippen molar-refractivity contribution in [3.8, 4) is 5.75 Å². The molecular weight excluding hydrogens is 192 g/mol. The highest BCUT2D eigenvalue weighted by Gasteiger charge is 2.37. The molecule has 2 unspecified atom stereocenters. The van der Waals surface area contributed by atoms with Crippen LogP contribution in [0.5, 0.6) is 5.75 Å². The van der Waals surface area contributed by atoms with E-state index in [4.69, 9.17) is 4.74 Å². The lowest BCUT2D eigenvalue weighted by atomic mass is 10.1. The highest BCUT2D eigenvalue weighted by Crippen LogP contribution is 2.49. The Morgan fingerprint density at radius 2 is 2.40 bits per heavy atom. The number of carbonyl (C=O) groups is 1. The Balaban J connectivity index is 2.03. The van der Waals surface area contributed by atoms with Crippen LogP contribution in [0.3, 0.4) is 0 Å². The third-order valence-corrected chi connectivity index (χ3v) is 2.87. The van der Waals surface area contributed by atoms with Crippen LogP contribution >= 0.6 is 0 Å². The minimum atomic E-state index is -0.953. The molecule has 1 aromatic rings. The van der Waals surface area contributed by atoms with Crippen molar-refractivity contribution < 1.29 is 14.6 Å². The maximum absolute atomic E-state index is 10.4. The molecule has 0 aromatic heterocycles. The van der Waals surface area contributed by atoms with Gasteiger partial charge in [-0.1, -0.05) is 12.1 Å². The third-order valence-electron chi connectivity index (χ3n) is 2.87. The zero-order valence-electron chi connectivity index (χ0n) is 8.60. The monoisotopic (exact) mass is 205 g/mol. The predicted octanol–water partition coefficient (Wildman–Crippen LogP) is 0.939. The van der Waals surface area contributed by atoms with Crippen LogP contribution < -0.4 is 9.84 Å². The van der Waals surface area contributed by atoms with E-state index < -0.39 is 5.97 Å². The summed E-state index contributed by atoms with van der Waals surface area (Å²) in [7, 11) is 1.63. The van der Waals surface area contributed by atoms with E-state index in [1.165, 1.54) is 5.56 Å². The topological polar surface area (TPSA) is 49.4 Å². The highest BCUT2D eigenvalue weighted by molar-refractivity contribution is 5.65. The summed E-state index contributed by atoms with van der Waals surface area (Å²) < 4.78 is 5.12. The van der Waals surface area contributed by atoms with Crippen LogP contribution in [-0.2, 0) is 4.79 Å². The van der Waals surface area contributed by atoms with E-state index in [-0.39, 0.29) is 12.3 Å². The van der Waals surface area contributed by atoms with E-state index in [9.17, 15) is 9.90 Å². The van der Waals surface area contributed by atoms with Crippen molar-refractivity contribution in [2.24, 2.45) is 5.92 Å². The molecule has 1 aromatic carbocycles. The summed E-state index contributed by atoms with van der Waals surface area (Å²) in [5, 5.41) is 10.4. The fourth-order valence-electron chi connectivity index (χ4n) is 1.97. The molecule has 1 aliphatic rings. The second-order valence-corrected chi connectivity index (χ2v) is 3.96. The summed E-state index contributed by atoms with van der Waals surface area (Å²) >= 11 is 0. The quantitative estimate of drug-likeness (QED) is 0.735. The van der Waals surface area contributed by atoms with Gasteiger partial charge in [0.15, 0.2) is 0 Å². The van der Waals surface area contributed by atoms with Crippen LogP contribution in [0.1, 0.15) is 24.3 Å². The van der Waals surface area contributed by atoms with E-state index in [1.54, 1.807) is 7.11 Å². The van der Waals surface area contributed by atoms with E-state index in [0.717, 1.165) is 12.2 Å². The van der Waals surface area contributed by atoms with Gasteiger partial charge in [0.05, 0.1) is 7.11 Å². The lowest BCUT2D eigenvalue weighted by Gasteiger charge is -2.04. The molecule has 0 heterocycles. The molecule has 1 aliphatic carbocycles. The number of aliphatic carboxylic acids is 1. The first-order valence-electron chi connectivity index (χ1n) is 5.04. The normalized spacial score (nSPS) is 23.5. The van der Waals surface area contributed by atoms with Gasteiger partial charge in [0.1, 0.15) is 5.75 Å². The largest absolute Gasteiger partial charge is 0.550 e. The molecular formula is C12H13O3-. The van der Waals surface area contributed by atoms with Gasteiger partial charge in [-0.05, 0) is 42.4 Å². The number of benzene rings is 1. The van der Waals surface area contributed by atoms with E-state index in [2.05, 4.69) is 0 Å². The van der Waals surface area contributed by atoms with Crippen LogP contribution in [-0.4, -0.2) is 13.1 Å².